The molecule has 1 saturated heterocycles. The lowest BCUT2D eigenvalue weighted by molar-refractivity contribution is -0.145. The largest absolute Gasteiger partial charge is 0.390 e. The van der Waals surface area contributed by atoms with Crippen molar-refractivity contribution in [2.24, 2.45) is 5.92 Å². The minimum Gasteiger partial charge on any atom is -0.390 e. The number of allylic oxidation sites excluding steroid dienone is 1. The maximum atomic E-state index is 11.8. The number of nitrogens with zero attached hydrogens (tertiary/aromatic N) is 1. The van der Waals surface area contributed by atoms with Gasteiger partial charge in [0.05, 0.1) is 5.92 Å². The number of hydrogen-bond acceptors (Lipinski definition) is 4. The fourth-order valence-electron chi connectivity index (χ4n) is 2.18. The average Bonchev–Trinajstić information content (AvgIpc) is 2.68. The molecule has 3 rings (SSSR count). The molecule has 16 heavy (non-hydrogen) atoms. The molecule has 0 aromatic carbocycles. The van der Waals surface area contributed by atoms with Gasteiger partial charge in [-0.25, -0.2) is 0 Å². The molecule has 1 fully saturated rings. The summed E-state index contributed by atoms with van der Waals surface area (Å²) >= 11 is 0. The summed E-state index contributed by atoms with van der Waals surface area (Å²) in [6.45, 7) is 0.348. The molecule has 1 atom stereocenters. The van der Waals surface area contributed by atoms with Gasteiger partial charge < -0.3 is 10.6 Å². The van der Waals surface area contributed by atoms with Crippen LogP contribution in [0, 0.1) is 5.92 Å². The van der Waals surface area contributed by atoms with Gasteiger partial charge in [0.1, 0.15) is 12.4 Å². The second kappa shape index (κ2) is 2.94. The fraction of sp³-hybridized carbons (Fsp3) is 0.300. The normalized spacial score (nSPS) is 27.6. The third-order valence-corrected chi connectivity index (χ3v) is 2.95. The highest BCUT2D eigenvalue weighted by Crippen LogP contribution is 2.29. The predicted molar refractivity (Wildman–Crippen MR) is 52.5 cm³/mol. The summed E-state index contributed by atoms with van der Waals surface area (Å²) in [5, 5.41) is 5.53. The Balaban J connectivity index is 2.17. The van der Waals surface area contributed by atoms with Crippen LogP contribution < -0.4 is 10.6 Å². The molecule has 6 nitrogen and oxygen atoms in total. The number of fused-ring (bicyclic) bond motifs is 2. The lowest BCUT2D eigenvalue weighted by atomic mass is 9.88. The van der Waals surface area contributed by atoms with Gasteiger partial charge in [0, 0.05) is 12.1 Å². The second-order valence-corrected chi connectivity index (χ2v) is 3.90. The average molecular weight is 219 g/mol. The van der Waals surface area contributed by atoms with Gasteiger partial charge in [-0.3, -0.25) is 19.3 Å². The van der Waals surface area contributed by atoms with E-state index in [-0.39, 0.29) is 12.5 Å². The van der Waals surface area contributed by atoms with Gasteiger partial charge in [0.15, 0.2) is 0 Å². The first-order chi connectivity index (χ1) is 7.68. The van der Waals surface area contributed by atoms with Gasteiger partial charge in [-0.1, -0.05) is 0 Å². The van der Waals surface area contributed by atoms with E-state index >= 15 is 0 Å². The van der Waals surface area contributed by atoms with Gasteiger partial charge in [-0.2, -0.15) is 0 Å². The zero-order valence-corrected chi connectivity index (χ0v) is 8.32. The first kappa shape index (κ1) is 9.14. The highest BCUT2D eigenvalue weighted by atomic mass is 16.2. The summed E-state index contributed by atoms with van der Waals surface area (Å²) in [6, 6.07) is 0. The molecule has 1 unspecified atom stereocenters. The van der Waals surface area contributed by atoms with Crippen LogP contribution in [0.2, 0.25) is 0 Å². The molecule has 0 spiro atoms. The number of nitrogens with one attached hydrogen (secondary N) is 2. The Morgan fingerprint density at radius 3 is 2.94 bits per heavy atom. The van der Waals surface area contributed by atoms with Crippen LogP contribution in [0.4, 0.5) is 0 Å². The SMILES string of the molecule is O=C1CN2C(=O)C(=O)C3CNC=CC3=C2N1. The van der Waals surface area contributed by atoms with Crippen LogP contribution in [0.1, 0.15) is 0 Å². The Morgan fingerprint density at radius 1 is 1.31 bits per heavy atom. The van der Waals surface area contributed by atoms with Crippen molar-refractivity contribution in [2.75, 3.05) is 13.1 Å². The standard InChI is InChI=1S/C10H9N3O3/c14-7-4-13-9(12-7)5-1-2-11-3-6(5)8(15)10(13)16/h1-2,6,11H,3-4H2,(H,12,14). The Morgan fingerprint density at radius 2 is 2.12 bits per heavy atom. The summed E-state index contributed by atoms with van der Waals surface area (Å²) in [6.07, 6.45) is 3.44. The molecule has 3 aliphatic heterocycles. The number of ketones is 1. The number of carbonyl (C=O) groups is 3. The molecule has 2 amide bonds. The minimum atomic E-state index is -0.598. The highest BCUT2D eigenvalue weighted by Gasteiger charge is 2.44. The molecule has 3 heterocycles. The number of hydrogen-bond donors (Lipinski definition) is 2. The van der Waals surface area contributed by atoms with Crippen LogP contribution in [-0.2, 0) is 14.4 Å². The summed E-state index contributed by atoms with van der Waals surface area (Å²) in [5.41, 5.74) is 0.717. The van der Waals surface area contributed by atoms with Crippen LogP contribution in [0.15, 0.2) is 23.7 Å². The monoisotopic (exact) mass is 219 g/mol. The van der Waals surface area contributed by atoms with Gasteiger partial charge in [-0.05, 0) is 12.3 Å². The zero-order valence-electron chi connectivity index (χ0n) is 8.32. The van der Waals surface area contributed by atoms with E-state index in [9.17, 15) is 14.4 Å². The van der Waals surface area contributed by atoms with Gasteiger partial charge in [0.2, 0.25) is 11.7 Å². The zero-order chi connectivity index (χ0) is 11.3. The molecule has 82 valence electrons. The lowest BCUT2D eigenvalue weighted by Crippen LogP contribution is -2.47. The fourth-order valence-corrected chi connectivity index (χ4v) is 2.18. The van der Waals surface area contributed by atoms with Gasteiger partial charge >= 0.3 is 0 Å². The maximum absolute atomic E-state index is 11.8. The van der Waals surface area contributed by atoms with E-state index in [1.165, 1.54) is 4.90 Å². The molecule has 2 N–H and O–H groups in total. The quantitative estimate of drug-likeness (QED) is 0.485. The Hall–Kier alpha value is -2.11. The lowest BCUT2D eigenvalue weighted by Gasteiger charge is -2.30. The molecular weight excluding hydrogens is 210 g/mol. The summed E-state index contributed by atoms with van der Waals surface area (Å²) in [7, 11) is 0. The van der Waals surface area contributed by atoms with E-state index in [1.807, 2.05) is 0 Å². The molecule has 0 aromatic rings. The number of amides is 2. The van der Waals surface area contributed by atoms with Crippen molar-refractivity contribution in [1.82, 2.24) is 15.5 Å². The molecule has 0 aromatic heterocycles. The van der Waals surface area contributed by atoms with Crippen molar-refractivity contribution in [3.8, 4) is 0 Å². The van der Waals surface area contributed by atoms with E-state index in [1.54, 1.807) is 12.3 Å². The van der Waals surface area contributed by atoms with Gasteiger partial charge in [-0.15, -0.1) is 0 Å². The first-order valence-corrected chi connectivity index (χ1v) is 4.98. The Kier molecular flexibility index (Phi) is 1.68. The smallest absolute Gasteiger partial charge is 0.296 e. The van der Waals surface area contributed by atoms with Crippen molar-refractivity contribution in [1.29, 1.82) is 0 Å². The highest BCUT2D eigenvalue weighted by molar-refractivity contribution is 6.39. The van der Waals surface area contributed by atoms with Crippen molar-refractivity contribution in [2.45, 2.75) is 0 Å². The van der Waals surface area contributed by atoms with Crippen LogP contribution in [0.3, 0.4) is 0 Å². The van der Waals surface area contributed by atoms with Crippen LogP contribution >= 0.6 is 0 Å². The molecule has 0 radical (unpaired) electrons. The van der Waals surface area contributed by atoms with Crippen LogP contribution in [0.25, 0.3) is 0 Å². The Labute approximate surface area is 91.0 Å². The van der Waals surface area contributed by atoms with E-state index in [0.717, 1.165) is 0 Å². The summed E-state index contributed by atoms with van der Waals surface area (Å²) in [5.74, 6) is -1.30. The van der Waals surface area contributed by atoms with Crippen LogP contribution in [0.5, 0.6) is 0 Å². The minimum absolute atomic E-state index is 0.0581. The number of carbonyl (C=O) groups excluding carboxylic acids is 3. The van der Waals surface area contributed by atoms with E-state index < -0.39 is 17.6 Å². The topological polar surface area (TPSA) is 78.5 Å². The third kappa shape index (κ3) is 1.04. The second-order valence-electron chi connectivity index (χ2n) is 3.90. The van der Waals surface area contributed by atoms with E-state index in [0.29, 0.717) is 17.9 Å². The van der Waals surface area contributed by atoms with Crippen molar-refractivity contribution in [3.63, 3.8) is 0 Å². The molecular formula is C10H9N3O3. The van der Waals surface area contributed by atoms with E-state index in [2.05, 4.69) is 10.6 Å². The first-order valence-electron chi connectivity index (χ1n) is 4.98. The molecule has 0 aliphatic carbocycles. The summed E-state index contributed by atoms with van der Waals surface area (Å²) < 4.78 is 0. The van der Waals surface area contributed by atoms with Crippen molar-refractivity contribution >= 4 is 17.6 Å². The number of Topliss-reactive ketones (excluding diaryl/α,β-unsaturated/α-hetero) is 1. The van der Waals surface area contributed by atoms with Crippen molar-refractivity contribution < 1.29 is 14.4 Å². The maximum Gasteiger partial charge on any atom is 0.296 e. The number of rotatable bonds is 0. The molecule has 3 aliphatic rings. The predicted octanol–water partition coefficient (Wildman–Crippen LogP) is -1.53. The van der Waals surface area contributed by atoms with E-state index in [4.69, 9.17) is 0 Å². The molecule has 0 saturated carbocycles. The third-order valence-electron chi connectivity index (χ3n) is 2.95. The molecule has 6 heteroatoms. The van der Waals surface area contributed by atoms with Gasteiger partial charge in [0.25, 0.3) is 5.91 Å². The van der Waals surface area contributed by atoms with Crippen LogP contribution in [-0.4, -0.2) is 35.6 Å². The molecule has 0 bridgehead atoms. The van der Waals surface area contributed by atoms with Crippen molar-refractivity contribution in [3.05, 3.63) is 23.7 Å². The Bertz CT molecular complexity index is 478. The summed E-state index contributed by atoms with van der Waals surface area (Å²) in [4.78, 5) is 35.9.